The minimum absolute atomic E-state index is 0.0242. The molecule has 0 spiro atoms. The van der Waals surface area contributed by atoms with Gasteiger partial charge in [0.25, 0.3) is 0 Å². The summed E-state index contributed by atoms with van der Waals surface area (Å²) in [5.41, 5.74) is 0. The lowest BCUT2D eigenvalue weighted by atomic mass is 9.75. The van der Waals surface area contributed by atoms with E-state index in [1.807, 2.05) is 11.8 Å². The van der Waals surface area contributed by atoms with Crippen molar-refractivity contribution in [2.24, 2.45) is 23.7 Å². The summed E-state index contributed by atoms with van der Waals surface area (Å²) in [4.78, 5) is 15.4. The molecule has 2 saturated heterocycles. The SMILES string of the molecule is CC1C(O)CC(O)C(C(=O)N2CC3CCCNC3C2)C1OCC1CCCCC1. The molecule has 2 aliphatic carbocycles. The summed E-state index contributed by atoms with van der Waals surface area (Å²) in [6.07, 6.45) is 6.96. The number of amides is 1. The molecule has 0 radical (unpaired) electrons. The van der Waals surface area contributed by atoms with E-state index in [1.54, 1.807) is 0 Å². The van der Waals surface area contributed by atoms with Gasteiger partial charge >= 0.3 is 0 Å². The number of aliphatic hydroxyl groups is 2. The number of rotatable bonds is 4. The highest BCUT2D eigenvalue weighted by Gasteiger charge is 2.49. The fourth-order valence-corrected chi connectivity index (χ4v) is 5.97. The maximum Gasteiger partial charge on any atom is 0.231 e. The number of aliphatic hydroxyl groups excluding tert-OH is 2. The Bertz CT molecular complexity index is 525. The second-order valence-corrected chi connectivity index (χ2v) is 9.76. The number of carbonyl (C=O) groups excluding carboxylic acids is 1. The average Bonchev–Trinajstić information content (AvgIpc) is 3.14. The Hall–Kier alpha value is -0.690. The summed E-state index contributed by atoms with van der Waals surface area (Å²) >= 11 is 0. The number of nitrogens with zero attached hydrogens (tertiary/aromatic N) is 1. The van der Waals surface area contributed by atoms with Crippen LogP contribution in [0.1, 0.15) is 58.3 Å². The highest BCUT2D eigenvalue weighted by atomic mass is 16.5. The van der Waals surface area contributed by atoms with Crippen molar-refractivity contribution in [2.45, 2.75) is 82.6 Å². The molecular weight excluding hydrogens is 356 g/mol. The number of piperidine rings is 1. The maximum atomic E-state index is 13.4. The first-order chi connectivity index (χ1) is 13.5. The molecule has 4 fully saturated rings. The van der Waals surface area contributed by atoms with Crippen molar-refractivity contribution >= 4 is 5.91 Å². The van der Waals surface area contributed by atoms with Gasteiger partial charge in [-0.25, -0.2) is 0 Å². The molecule has 0 aromatic heterocycles. The molecule has 160 valence electrons. The third-order valence-electron chi connectivity index (χ3n) is 7.82. The predicted molar refractivity (Wildman–Crippen MR) is 107 cm³/mol. The zero-order valence-corrected chi connectivity index (χ0v) is 17.3. The van der Waals surface area contributed by atoms with Crippen LogP contribution in [-0.4, -0.2) is 71.6 Å². The van der Waals surface area contributed by atoms with Crippen LogP contribution in [0.3, 0.4) is 0 Å². The molecule has 7 atom stereocenters. The lowest BCUT2D eigenvalue weighted by molar-refractivity contribution is -0.169. The maximum absolute atomic E-state index is 13.4. The summed E-state index contributed by atoms with van der Waals surface area (Å²) < 4.78 is 6.30. The molecule has 0 bridgehead atoms. The van der Waals surface area contributed by atoms with Crippen molar-refractivity contribution in [3.05, 3.63) is 0 Å². The van der Waals surface area contributed by atoms with E-state index in [1.165, 1.54) is 44.9 Å². The van der Waals surface area contributed by atoms with Crippen LogP contribution in [0.4, 0.5) is 0 Å². The van der Waals surface area contributed by atoms with E-state index < -0.39 is 24.2 Å². The summed E-state index contributed by atoms with van der Waals surface area (Å²) in [5, 5.41) is 24.7. The molecule has 2 heterocycles. The fourth-order valence-electron chi connectivity index (χ4n) is 5.97. The molecule has 28 heavy (non-hydrogen) atoms. The van der Waals surface area contributed by atoms with Gasteiger partial charge in [0.2, 0.25) is 5.91 Å². The number of fused-ring (bicyclic) bond motifs is 1. The molecule has 4 aliphatic rings. The second-order valence-electron chi connectivity index (χ2n) is 9.76. The van der Waals surface area contributed by atoms with Crippen molar-refractivity contribution in [2.75, 3.05) is 26.2 Å². The Morgan fingerprint density at radius 2 is 1.86 bits per heavy atom. The van der Waals surface area contributed by atoms with Crippen LogP contribution < -0.4 is 5.32 Å². The molecule has 0 aromatic rings. The normalized spacial score (nSPS) is 42.4. The molecular formula is C22H38N2O4. The number of ether oxygens (including phenoxy) is 1. The third kappa shape index (κ3) is 4.25. The molecule has 6 nitrogen and oxygen atoms in total. The fraction of sp³-hybridized carbons (Fsp3) is 0.955. The van der Waals surface area contributed by atoms with E-state index >= 15 is 0 Å². The van der Waals surface area contributed by atoms with Crippen molar-refractivity contribution in [1.29, 1.82) is 0 Å². The van der Waals surface area contributed by atoms with Gasteiger partial charge in [-0.3, -0.25) is 4.79 Å². The Morgan fingerprint density at radius 3 is 2.61 bits per heavy atom. The van der Waals surface area contributed by atoms with E-state index in [0.29, 0.717) is 24.5 Å². The van der Waals surface area contributed by atoms with Crippen molar-refractivity contribution in [3.63, 3.8) is 0 Å². The molecule has 3 N–H and O–H groups in total. The molecule has 4 rings (SSSR count). The van der Waals surface area contributed by atoms with Crippen LogP contribution in [-0.2, 0) is 9.53 Å². The van der Waals surface area contributed by atoms with Crippen molar-refractivity contribution in [1.82, 2.24) is 10.2 Å². The van der Waals surface area contributed by atoms with Crippen LogP contribution in [0.2, 0.25) is 0 Å². The summed E-state index contributed by atoms with van der Waals surface area (Å²) in [6, 6.07) is 0.392. The quantitative estimate of drug-likeness (QED) is 0.674. The standard InChI is InChI=1S/C22H38N2O4/c1-14-18(25)10-19(26)20(21(14)28-13-15-6-3-2-4-7-15)22(27)24-11-16-8-5-9-23-17(16)12-24/h14-21,23,25-26H,2-13H2,1H3. The molecule has 1 amide bonds. The smallest absolute Gasteiger partial charge is 0.231 e. The molecule has 6 heteroatoms. The van der Waals surface area contributed by atoms with Gasteiger partial charge in [-0.15, -0.1) is 0 Å². The topological polar surface area (TPSA) is 82.0 Å². The van der Waals surface area contributed by atoms with Gasteiger partial charge in [0.1, 0.15) is 0 Å². The number of nitrogens with one attached hydrogen (secondary N) is 1. The van der Waals surface area contributed by atoms with Gasteiger partial charge < -0.3 is 25.2 Å². The van der Waals surface area contributed by atoms with E-state index in [-0.39, 0.29) is 18.2 Å². The lowest BCUT2D eigenvalue weighted by Crippen LogP contribution is -2.56. The first-order valence-corrected chi connectivity index (χ1v) is 11.5. The van der Waals surface area contributed by atoms with E-state index in [9.17, 15) is 15.0 Å². The van der Waals surface area contributed by atoms with E-state index in [4.69, 9.17) is 4.74 Å². The van der Waals surface area contributed by atoms with Crippen molar-refractivity contribution in [3.8, 4) is 0 Å². The molecule has 7 unspecified atom stereocenters. The lowest BCUT2D eigenvalue weighted by Gasteiger charge is -2.43. The first-order valence-electron chi connectivity index (χ1n) is 11.5. The van der Waals surface area contributed by atoms with Crippen LogP contribution in [0, 0.1) is 23.7 Å². The number of carbonyl (C=O) groups is 1. The van der Waals surface area contributed by atoms with E-state index in [2.05, 4.69) is 5.32 Å². The van der Waals surface area contributed by atoms with Gasteiger partial charge in [-0.05, 0) is 44.1 Å². The Kier molecular flexibility index (Phi) is 6.60. The second kappa shape index (κ2) is 8.99. The Balaban J connectivity index is 1.44. The summed E-state index contributed by atoms with van der Waals surface area (Å²) in [6.45, 7) is 5.16. The number of likely N-dealkylation sites (tertiary alicyclic amines) is 1. The number of hydrogen-bond donors (Lipinski definition) is 3. The van der Waals surface area contributed by atoms with Crippen molar-refractivity contribution < 1.29 is 19.7 Å². The molecule has 2 aliphatic heterocycles. The van der Waals surface area contributed by atoms with Crippen LogP contribution in [0.25, 0.3) is 0 Å². The highest BCUT2D eigenvalue weighted by molar-refractivity contribution is 5.80. The van der Waals surface area contributed by atoms with Gasteiger partial charge in [-0.2, -0.15) is 0 Å². The first kappa shape index (κ1) is 20.6. The average molecular weight is 395 g/mol. The summed E-state index contributed by atoms with van der Waals surface area (Å²) in [7, 11) is 0. The zero-order valence-electron chi connectivity index (χ0n) is 17.3. The number of hydrogen-bond acceptors (Lipinski definition) is 5. The monoisotopic (exact) mass is 394 g/mol. The van der Waals surface area contributed by atoms with Crippen LogP contribution in [0.15, 0.2) is 0 Å². The van der Waals surface area contributed by atoms with Gasteiger partial charge in [0, 0.05) is 38.1 Å². The van der Waals surface area contributed by atoms with E-state index in [0.717, 1.165) is 19.6 Å². The predicted octanol–water partition coefficient (Wildman–Crippen LogP) is 1.54. The minimum atomic E-state index is -0.828. The van der Waals surface area contributed by atoms with Crippen LogP contribution >= 0.6 is 0 Å². The largest absolute Gasteiger partial charge is 0.393 e. The van der Waals surface area contributed by atoms with Crippen LogP contribution in [0.5, 0.6) is 0 Å². The minimum Gasteiger partial charge on any atom is -0.393 e. The van der Waals surface area contributed by atoms with Gasteiger partial charge in [0.05, 0.1) is 24.2 Å². The van der Waals surface area contributed by atoms with Gasteiger partial charge in [-0.1, -0.05) is 26.2 Å². The Morgan fingerprint density at radius 1 is 1.07 bits per heavy atom. The zero-order chi connectivity index (χ0) is 19.7. The molecule has 2 saturated carbocycles. The molecule has 0 aromatic carbocycles. The highest BCUT2D eigenvalue weighted by Crippen LogP contribution is 2.36. The Labute approximate surface area is 169 Å². The van der Waals surface area contributed by atoms with Gasteiger partial charge in [0.15, 0.2) is 0 Å². The summed E-state index contributed by atoms with van der Waals surface area (Å²) in [5.74, 6) is 0.414. The third-order valence-corrected chi connectivity index (χ3v) is 7.82.